The minimum Gasteiger partial charge on any atom is -0.384 e. The number of fused-ring (bicyclic) bond motifs is 1. The highest BCUT2D eigenvalue weighted by molar-refractivity contribution is 6.01. The molecule has 4 N–H and O–H groups in total. The molecule has 4 aromatic rings. The van der Waals surface area contributed by atoms with Crippen molar-refractivity contribution in [1.29, 1.82) is 0 Å². The van der Waals surface area contributed by atoms with Crippen molar-refractivity contribution in [3.05, 3.63) is 65.7 Å². The molecule has 0 amide bonds. The van der Waals surface area contributed by atoms with Crippen molar-refractivity contribution >= 4 is 22.7 Å². The van der Waals surface area contributed by atoms with E-state index in [1.807, 2.05) is 0 Å². The van der Waals surface area contributed by atoms with Gasteiger partial charge in [-0.25, -0.2) is 23.7 Å². The number of hydrogen-bond donors (Lipinski definition) is 3. The lowest BCUT2D eigenvalue weighted by molar-refractivity contribution is 0.560. The second-order valence-electron chi connectivity index (χ2n) is 5.99. The summed E-state index contributed by atoms with van der Waals surface area (Å²) in [7, 11) is 0. The van der Waals surface area contributed by atoms with Crippen LogP contribution in [-0.4, -0.2) is 19.9 Å². The molecule has 0 spiro atoms. The molecule has 3 heterocycles. The van der Waals surface area contributed by atoms with E-state index in [9.17, 15) is 8.78 Å². The summed E-state index contributed by atoms with van der Waals surface area (Å²) in [6.45, 7) is -0.113. The Hall–Kier alpha value is -3.99. The number of nitrogen functional groups attached to an aromatic ring is 1. The number of terminal acetylenes is 1. The number of hydrogen-bond acceptors (Lipinski definition) is 5. The molecular weight excluding hydrogens is 362 g/mol. The first-order chi connectivity index (χ1) is 13.6. The third-order valence-electron chi connectivity index (χ3n) is 4.25. The van der Waals surface area contributed by atoms with E-state index in [1.165, 1.54) is 18.2 Å². The van der Waals surface area contributed by atoms with Gasteiger partial charge in [-0.1, -0.05) is 6.07 Å². The molecular formula is C20H14F2N6. The molecule has 0 aliphatic heterocycles. The molecule has 1 aromatic carbocycles. The van der Waals surface area contributed by atoms with E-state index in [0.29, 0.717) is 22.7 Å². The molecule has 6 nitrogen and oxygen atoms in total. The third kappa shape index (κ3) is 3.10. The molecule has 8 heteroatoms. The number of pyridine rings is 1. The van der Waals surface area contributed by atoms with Crippen LogP contribution in [-0.2, 0) is 6.54 Å². The Morgan fingerprint density at radius 1 is 1.18 bits per heavy atom. The number of anilines is 2. The van der Waals surface area contributed by atoms with Crippen LogP contribution in [0.2, 0.25) is 0 Å². The van der Waals surface area contributed by atoms with Gasteiger partial charge in [0.05, 0.1) is 5.39 Å². The predicted octanol–water partition coefficient (Wildman–Crippen LogP) is 3.47. The fraction of sp³-hybridized carbons (Fsp3) is 0.0500. The van der Waals surface area contributed by atoms with Crippen LogP contribution in [0.1, 0.15) is 11.4 Å². The lowest BCUT2D eigenvalue weighted by Crippen LogP contribution is -2.07. The molecule has 0 aliphatic rings. The highest BCUT2D eigenvalue weighted by Gasteiger charge is 2.16. The van der Waals surface area contributed by atoms with Crippen LogP contribution >= 0.6 is 0 Å². The number of aromatic amines is 1. The van der Waals surface area contributed by atoms with Crippen LogP contribution in [0, 0.1) is 24.0 Å². The maximum atomic E-state index is 14.0. The second kappa shape index (κ2) is 6.96. The molecule has 0 saturated heterocycles. The van der Waals surface area contributed by atoms with E-state index >= 15 is 0 Å². The Bertz CT molecular complexity index is 1210. The van der Waals surface area contributed by atoms with Crippen molar-refractivity contribution in [2.24, 2.45) is 0 Å². The summed E-state index contributed by atoms with van der Waals surface area (Å²) in [5.74, 6) is 1.94. The van der Waals surface area contributed by atoms with E-state index < -0.39 is 11.6 Å². The van der Waals surface area contributed by atoms with Gasteiger partial charge in [-0.15, -0.1) is 6.42 Å². The first-order valence-electron chi connectivity index (χ1n) is 8.31. The largest absolute Gasteiger partial charge is 0.384 e. The van der Waals surface area contributed by atoms with Gasteiger partial charge in [0.2, 0.25) is 5.82 Å². The Kier molecular flexibility index (Phi) is 4.33. The Balaban J connectivity index is 1.82. The fourth-order valence-electron chi connectivity index (χ4n) is 2.94. The van der Waals surface area contributed by atoms with Crippen LogP contribution in [0.3, 0.4) is 0 Å². The topological polar surface area (TPSA) is 92.5 Å². The zero-order valence-corrected chi connectivity index (χ0v) is 14.5. The SMILES string of the molecule is C#Cc1nc(NCc2c(F)cccc2F)c2c(-c3ccnc(N)c3)c[nH]c2n1. The minimum absolute atomic E-state index is 0.0956. The summed E-state index contributed by atoms with van der Waals surface area (Å²) >= 11 is 0. The molecule has 0 unspecified atom stereocenters. The van der Waals surface area contributed by atoms with Gasteiger partial charge in [-0.2, -0.15) is 0 Å². The smallest absolute Gasteiger partial charge is 0.208 e. The van der Waals surface area contributed by atoms with E-state index in [-0.39, 0.29) is 17.9 Å². The average Bonchev–Trinajstić information content (AvgIpc) is 3.11. The van der Waals surface area contributed by atoms with Crippen molar-refractivity contribution in [1.82, 2.24) is 19.9 Å². The highest BCUT2D eigenvalue weighted by Crippen LogP contribution is 2.33. The molecule has 4 rings (SSSR count). The fourth-order valence-corrected chi connectivity index (χ4v) is 2.94. The Morgan fingerprint density at radius 3 is 2.68 bits per heavy atom. The van der Waals surface area contributed by atoms with Gasteiger partial charge in [-0.3, -0.25) is 0 Å². The Labute approximate surface area is 158 Å². The molecule has 0 saturated carbocycles. The number of nitrogens with zero attached hydrogens (tertiary/aromatic N) is 3. The number of H-pyrrole nitrogens is 1. The summed E-state index contributed by atoms with van der Waals surface area (Å²) in [6, 6.07) is 7.20. The average molecular weight is 376 g/mol. The maximum absolute atomic E-state index is 14.0. The van der Waals surface area contributed by atoms with Gasteiger partial charge in [0.1, 0.15) is 28.9 Å². The number of halogens is 2. The minimum atomic E-state index is -0.647. The van der Waals surface area contributed by atoms with Crippen LogP contribution in [0.15, 0.2) is 42.7 Å². The lowest BCUT2D eigenvalue weighted by atomic mass is 10.1. The monoisotopic (exact) mass is 376 g/mol. The van der Waals surface area contributed by atoms with Crippen molar-refractivity contribution in [3.63, 3.8) is 0 Å². The molecule has 28 heavy (non-hydrogen) atoms. The summed E-state index contributed by atoms with van der Waals surface area (Å²) in [4.78, 5) is 15.6. The quantitative estimate of drug-likeness (QED) is 0.474. The molecule has 0 atom stereocenters. The number of nitrogens with two attached hydrogens (primary N) is 1. The van der Waals surface area contributed by atoms with Gasteiger partial charge in [-0.05, 0) is 35.7 Å². The zero-order chi connectivity index (χ0) is 19.7. The standard InChI is InChI=1S/C20H14F2N6/c1-2-17-27-19-18(12(9-25-19)11-6-7-24-16(23)8-11)20(28-17)26-10-13-14(21)4-3-5-15(13)22/h1,3-9H,10H2,(H2,23,24)(H2,25,26,27,28). The first-order valence-corrected chi connectivity index (χ1v) is 8.31. The van der Waals surface area contributed by atoms with Gasteiger partial charge in [0.25, 0.3) is 0 Å². The highest BCUT2D eigenvalue weighted by atomic mass is 19.1. The van der Waals surface area contributed by atoms with E-state index in [2.05, 4.69) is 31.2 Å². The van der Waals surface area contributed by atoms with Gasteiger partial charge >= 0.3 is 0 Å². The summed E-state index contributed by atoms with van der Waals surface area (Å²) in [6.07, 6.45) is 8.77. The molecule has 0 radical (unpaired) electrons. The van der Waals surface area contributed by atoms with Crippen LogP contribution in [0.5, 0.6) is 0 Å². The van der Waals surface area contributed by atoms with Crippen molar-refractivity contribution in [3.8, 4) is 23.5 Å². The number of benzene rings is 1. The third-order valence-corrected chi connectivity index (χ3v) is 4.25. The summed E-state index contributed by atoms with van der Waals surface area (Å²) in [5.41, 5.74) is 7.72. The van der Waals surface area contributed by atoms with Gasteiger partial charge in [0, 0.05) is 30.1 Å². The lowest BCUT2D eigenvalue weighted by Gasteiger charge is -2.10. The summed E-state index contributed by atoms with van der Waals surface area (Å²) < 4.78 is 27.9. The van der Waals surface area contributed by atoms with Crippen molar-refractivity contribution in [2.75, 3.05) is 11.1 Å². The normalized spacial score (nSPS) is 10.8. The van der Waals surface area contributed by atoms with Crippen molar-refractivity contribution in [2.45, 2.75) is 6.54 Å². The van der Waals surface area contributed by atoms with E-state index in [4.69, 9.17) is 12.2 Å². The zero-order valence-electron chi connectivity index (χ0n) is 14.5. The van der Waals surface area contributed by atoms with Gasteiger partial charge in [0.15, 0.2) is 0 Å². The van der Waals surface area contributed by atoms with Gasteiger partial charge < -0.3 is 16.0 Å². The van der Waals surface area contributed by atoms with E-state index in [1.54, 1.807) is 24.5 Å². The van der Waals surface area contributed by atoms with Crippen LogP contribution in [0.4, 0.5) is 20.4 Å². The van der Waals surface area contributed by atoms with Crippen LogP contribution < -0.4 is 11.1 Å². The molecule has 0 bridgehead atoms. The second-order valence-corrected chi connectivity index (χ2v) is 5.99. The summed E-state index contributed by atoms with van der Waals surface area (Å²) in [5, 5.41) is 3.60. The molecule has 0 aliphatic carbocycles. The number of nitrogens with one attached hydrogen (secondary N) is 2. The van der Waals surface area contributed by atoms with E-state index in [0.717, 1.165) is 11.1 Å². The maximum Gasteiger partial charge on any atom is 0.208 e. The van der Waals surface area contributed by atoms with Crippen LogP contribution in [0.25, 0.3) is 22.2 Å². The first kappa shape index (κ1) is 17.4. The predicted molar refractivity (Wildman–Crippen MR) is 103 cm³/mol. The Morgan fingerprint density at radius 2 is 1.96 bits per heavy atom. The molecule has 138 valence electrons. The van der Waals surface area contributed by atoms with Crippen molar-refractivity contribution < 1.29 is 8.78 Å². The molecule has 0 fully saturated rings. The number of aromatic nitrogens is 4. The molecule has 3 aromatic heterocycles. The number of rotatable bonds is 4.